The van der Waals surface area contributed by atoms with Crippen molar-refractivity contribution in [2.45, 2.75) is 24.9 Å². The molecule has 0 unspecified atom stereocenters. The van der Waals surface area contributed by atoms with Crippen molar-refractivity contribution in [2.24, 2.45) is 4.99 Å². The Hall–Kier alpha value is -3.51. The van der Waals surface area contributed by atoms with Crippen LogP contribution in [0.15, 0.2) is 64.1 Å². The highest BCUT2D eigenvalue weighted by Crippen LogP contribution is 2.23. The Morgan fingerprint density at radius 3 is 2.35 bits per heavy atom. The first-order valence-corrected chi connectivity index (χ1v) is 11.5. The topological polar surface area (TPSA) is 105 Å². The lowest BCUT2D eigenvalue weighted by Gasteiger charge is -2.18. The van der Waals surface area contributed by atoms with Crippen LogP contribution in [-0.2, 0) is 24.3 Å². The second kappa shape index (κ2) is 9.77. The molecule has 0 spiro atoms. The van der Waals surface area contributed by atoms with E-state index >= 15 is 0 Å². The fourth-order valence-electron chi connectivity index (χ4n) is 3.08. The summed E-state index contributed by atoms with van der Waals surface area (Å²) in [5.74, 6) is -2.96. The molecule has 2 aromatic rings. The van der Waals surface area contributed by atoms with Gasteiger partial charge in [-0.15, -0.1) is 0 Å². The average Bonchev–Trinajstić information content (AvgIpc) is 3.14. The Morgan fingerprint density at radius 1 is 1.12 bits per heavy atom. The molecular weight excluding hydrogens is 475 g/mol. The van der Waals surface area contributed by atoms with Gasteiger partial charge in [-0.25, -0.2) is 18.2 Å². The normalized spacial score (nSPS) is 15.4. The molecule has 3 rings (SSSR count). The van der Waals surface area contributed by atoms with Gasteiger partial charge in [0.15, 0.2) is 5.70 Å². The van der Waals surface area contributed by atoms with Crippen LogP contribution in [-0.4, -0.2) is 49.8 Å². The zero-order valence-corrected chi connectivity index (χ0v) is 18.9. The van der Waals surface area contributed by atoms with Crippen molar-refractivity contribution in [3.8, 4) is 0 Å². The monoisotopic (exact) mass is 495 g/mol. The molecule has 0 aromatic heterocycles. The van der Waals surface area contributed by atoms with Crippen LogP contribution in [0.5, 0.6) is 0 Å². The van der Waals surface area contributed by atoms with E-state index < -0.39 is 28.1 Å². The van der Waals surface area contributed by atoms with E-state index in [0.29, 0.717) is 24.2 Å². The fourth-order valence-corrected chi connectivity index (χ4v) is 4.54. The molecule has 0 aliphatic carbocycles. The largest absolute Gasteiger partial charge is 0.471 e. The number of alkyl halides is 3. The molecule has 0 saturated carbocycles. The number of carbonyl (C=O) groups excluding carboxylic acids is 2. The maximum atomic E-state index is 12.6. The van der Waals surface area contributed by atoms with Crippen molar-refractivity contribution >= 4 is 39.6 Å². The van der Waals surface area contributed by atoms with Crippen LogP contribution in [0.25, 0.3) is 6.08 Å². The first-order chi connectivity index (χ1) is 16.0. The molecule has 0 saturated heterocycles. The van der Waals surface area contributed by atoms with Crippen LogP contribution in [0.4, 0.5) is 18.9 Å². The molecule has 1 heterocycles. The lowest BCUT2D eigenvalue weighted by molar-refractivity contribution is -0.167. The molecule has 180 valence electrons. The van der Waals surface area contributed by atoms with E-state index in [1.807, 2.05) is 0 Å². The summed E-state index contributed by atoms with van der Waals surface area (Å²) in [6, 6.07) is 11.1. The van der Waals surface area contributed by atoms with Crippen LogP contribution < -0.4 is 5.32 Å². The quantitative estimate of drug-likeness (QED) is 0.467. The van der Waals surface area contributed by atoms with E-state index in [9.17, 15) is 31.2 Å². The van der Waals surface area contributed by atoms with E-state index in [1.54, 1.807) is 19.2 Å². The minimum atomic E-state index is -5.04. The third-order valence-electron chi connectivity index (χ3n) is 4.77. The Bertz CT molecular complexity index is 1270. The fraction of sp³-hybridized carbons (Fsp3) is 0.227. The molecule has 1 N–H and O–H groups in total. The molecule has 0 fully saturated rings. The number of hydrogen-bond acceptors (Lipinski definition) is 6. The minimum absolute atomic E-state index is 0.0513. The molecule has 1 amide bonds. The van der Waals surface area contributed by atoms with Crippen molar-refractivity contribution in [3.63, 3.8) is 0 Å². The van der Waals surface area contributed by atoms with Gasteiger partial charge in [0.05, 0.1) is 4.90 Å². The summed E-state index contributed by atoms with van der Waals surface area (Å²) < 4.78 is 69.0. The van der Waals surface area contributed by atoms with Gasteiger partial charge in [-0.3, -0.25) is 4.79 Å². The van der Waals surface area contributed by atoms with Gasteiger partial charge in [0.25, 0.3) is 0 Å². The van der Waals surface area contributed by atoms with Crippen LogP contribution in [0.1, 0.15) is 25.0 Å². The number of benzene rings is 2. The highest BCUT2D eigenvalue weighted by Gasteiger charge is 2.38. The lowest BCUT2D eigenvalue weighted by atomic mass is 10.1. The third kappa shape index (κ3) is 5.51. The van der Waals surface area contributed by atoms with E-state index in [-0.39, 0.29) is 22.2 Å². The zero-order valence-electron chi connectivity index (χ0n) is 18.1. The number of anilines is 1. The van der Waals surface area contributed by atoms with E-state index in [0.717, 1.165) is 0 Å². The highest BCUT2D eigenvalue weighted by atomic mass is 32.2. The number of halogens is 3. The van der Waals surface area contributed by atoms with Crippen molar-refractivity contribution in [1.82, 2.24) is 4.31 Å². The van der Waals surface area contributed by atoms with Crippen molar-refractivity contribution in [1.29, 1.82) is 0 Å². The van der Waals surface area contributed by atoms with Gasteiger partial charge in [-0.05, 0) is 48.0 Å². The van der Waals surface area contributed by atoms with Crippen molar-refractivity contribution < 1.29 is 35.9 Å². The number of aliphatic imine (C=N–C) groups is 1. The lowest BCUT2D eigenvalue weighted by Crippen LogP contribution is -2.30. The van der Waals surface area contributed by atoms with Gasteiger partial charge >= 0.3 is 18.1 Å². The number of rotatable bonds is 7. The zero-order chi connectivity index (χ0) is 25.1. The van der Waals surface area contributed by atoms with Crippen molar-refractivity contribution in [2.75, 3.05) is 18.4 Å². The number of esters is 1. The Labute approximate surface area is 193 Å². The molecular formula is C22H20F3N3O5S. The minimum Gasteiger partial charge on any atom is -0.402 e. The first kappa shape index (κ1) is 25.1. The number of nitrogens with one attached hydrogen (secondary N) is 1. The number of hydrogen-bond donors (Lipinski definition) is 1. The van der Waals surface area contributed by atoms with Gasteiger partial charge in [0.1, 0.15) is 0 Å². The summed E-state index contributed by atoms with van der Waals surface area (Å²) in [5, 5.41) is 1.73. The number of carbonyl (C=O) groups is 2. The number of sulfonamides is 1. The van der Waals surface area contributed by atoms with Crippen LogP contribution >= 0.6 is 0 Å². The van der Waals surface area contributed by atoms with Gasteiger partial charge < -0.3 is 10.1 Å². The van der Waals surface area contributed by atoms with Crippen LogP contribution in [0, 0.1) is 0 Å². The molecule has 0 bridgehead atoms. The summed E-state index contributed by atoms with van der Waals surface area (Å²) in [6.45, 7) is 4.10. The summed E-state index contributed by atoms with van der Waals surface area (Å²) in [7, 11) is -3.65. The maximum absolute atomic E-state index is 12.6. The number of ether oxygens (including phenoxy) is 1. The van der Waals surface area contributed by atoms with Gasteiger partial charge in [0, 0.05) is 24.3 Å². The second-order valence-corrected chi connectivity index (χ2v) is 8.97. The summed E-state index contributed by atoms with van der Waals surface area (Å²) in [5.41, 5.74) is 0.436. The Balaban J connectivity index is 1.83. The maximum Gasteiger partial charge on any atom is 0.471 e. The smallest absolute Gasteiger partial charge is 0.402 e. The predicted octanol–water partition coefficient (Wildman–Crippen LogP) is 3.56. The first-order valence-electron chi connectivity index (χ1n) is 10.1. The third-order valence-corrected chi connectivity index (χ3v) is 6.83. The van der Waals surface area contributed by atoms with Gasteiger partial charge in [-0.2, -0.15) is 17.5 Å². The van der Waals surface area contributed by atoms with Crippen LogP contribution in [0.2, 0.25) is 0 Å². The average molecular weight is 495 g/mol. The molecule has 1 aliphatic rings. The highest BCUT2D eigenvalue weighted by molar-refractivity contribution is 7.89. The standard InChI is InChI=1S/C22H20F3N3O5S/c1-3-28(4-2)34(31,32)17-10-8-15(9-11-17)19-27-18(20(29)33-19)13-14-6-5-7-16(12-14)26-21(30)22(23,24)25/h5-13H,3-4H2,1-2H3,(H,26,30)/b18-13-. The molecule has 0 radical (unpaired) electrons. The van der Waals surface area contributed by atoms with E-state index in [1.165, 1.54) is 58.9 Å². The van der Waals surface area contributed by atoms with Gasteiger partial charge in [0.2, 0.25) is 15.9 Å². The molecule has 34 heavy (non-hydrogen) atoms. The van der Waals surface area contributed by atoms with Crippen LogP contribution in [0.3, 0.4) is 0 Å². The molecule has 0 atom stereocenters. The Morgan fingerprint density at radius 2 is 1.76 bits per heavy atom. The van der Waals surface area contributed by atoms with Gasteiger partial charge in [-0.1, -0.05) is 26.0 Å². The van der Waals surface area contributed by atoms with E-state index in [2.05, 4.69) is 4.99 Å². The summed E-state index contributed by atoms with van der Waals surface area (Å²) in [4.78, 5) is 27.5. The number of nitrogens with zero attached hydrogens (tertiary/aromatic N) is 2. The summed E-state index contributed by atoms with van der Waals surface area (Å²) >= 11 is 0. The predicted molar refractivity (Wildman–Crippen MR) is 118 cm³/mol. The number of cyclic esters (lactones) is 1. The molecule has 1 aliphatic heterocycles. The molecule has 2 aromatic carbocycles. The SMILES string of the molecule is CCN(CC)S(=O)(=O)c1ccc(C2=N/C(=C\c3cccc(NC(=O)C(F)(F)F)c3)C(=O)O2)cc1. The van der Waals surface area contributed by atoms with Crippen molar-refractivity contribution in [3.05, 3.63) is 65.4 Å². The molecule has 12 heteroatoms. The summed E-state index contributed by atoms with van der Waals surface area (Å²) in [6.07, 6.45) is -3.75. The van der Waals surface area contributed by atoms with E-state index in [4.69, 9.17) is 4.74 Å². The Kier molecular flexibility index (Phi) is 7.22. The number of amides is 1. The molecule has 8 nitrogen and oxygen atoms in total. The second-order valence-electron chi connectivity index (χ2n) is 7.03.